The van der Waals surface area contributed by atoms with Crippen molar-refractivity contribution < 1.29 is 17.6 Å². The van der Waals surface area contributed by atoms with Gasteiger partial charge in [-0.3, -0.25) is 0 Å². The molecule has 24 heavy (non-hydrogen) atoms. The largest absolute Gasteiger partial charge is 0.207 e. The van der Waals surface area contributed by atoms with E-state index in [1.807, 2.05) is 0 Å². The lowest BCUT2D eigenvalue weighted by molar-refractivity contribution is 0.549. The molecule has 2 aromatic carbocycles. The molecule has 124 valence electrons. The molecule has 0 bridgehead atoms. The minimum atomic E-state index is -0.979. The Morgan fingerprint density at radius 3 is 1.83 bits per heavy atom. The molecule has 2 aromatic rings. The molecule has 0 atom stereocenters. The number of rotatable bonds is 6. The van der Waals surface area contributed by atoms with Crippen LogP contribution in [0.1, 0.15) is 28.7 Å². The first-order valence-electron chi connectivity index (χ1n) is 7.42. The van der Waals surface area contributed by atoms with Crippen molar-refractivity contribution in [2.45, 2.75) is 25.7 Å². The Hall–Kier alpha value is -2.61. The van der Waals surface area contributed by atoms with Crippen LogP contribution in [0.4, 0.5) is 17.6 Å². The second-order valence-electron chi connectivity index (χ2n) is 5.41. The van der Waals surface area contributed by atoms with Gasteiger partial charge >= 0.3 is 0 Å². The van der Waals surface area contributed by atoms with Crippen molar-refractivity contribution in [2.75, 3.05) is 0 Å². The number of allylic oxidation sites excluding steroid dienone is 1. The summed E-state index contributed by atoms with van der Waals surface area (Å²) in [6, 6.07) is 5.98. The Labute approximate surface area is 137 Å². The fourth-order valence-corrected chi connectivity index (χ4v) is 2.45. The highest BCUT2D eigenvalue weighted by atomic mass is 19.1. The van der Waals surface area contributed by atoms with Gasteiger partial charge in [0.25, 0.3) is 0 Å². The van der Waals surface area contributed by atoms with Gasteiger partial charge in [0.1, 0.15) is 34.9 Å². The quantitative estimate of drug-likeness (QED) is 0.538. The van der Waals surface area contributed by atoms with Crippen LogP contribution in [-0.4, -0.2) is 0 Å². The van der Waals surface area contributed by atoms with E-state index in [0.717, 1.165) is 12.1 Å². The first-order valence-corrected chi connectivity index (χ1v) is 7.42. The summed E-state index contributed by atoms with van der Waals surface area (Å²) in [7, 11) is 0. The van der Waals surface area contributed by atoms with Crippen molar-refractivity contribution in [1.29, 1.82) is 5.26 Å². The second kappa shape index (κ2) is 7.78. The molecule has 2 rings (SSSR count). The van der Waals surface area contributed by atoms with Crippen LogP contribution >= 0.6 is 0 Å². The van der Waals surface area contributed by atoms with Gasteiger partial charge in [-0.25, -0.2) is 17.6 Å². The molecule has 0 N–H and O–H groups in total. The lowest BCUT2D eigenvalue weighted by Crippen LogP contribution is -2.02. The second-order valence-corrected chi connectivity index (χ2v) is 5.41. The van der Waals surface area contributed by atoms with Gasteiger partial charge in [0.05, 0.1) is 0 Å². The van der Waals surface area contributed by atoms with E-state index in [1.54, 1.807) is 6.08 Å². The van der Waals surface area contributed by atoms with Gasteiger partial charge in [-0.05, 0) is 61.1 Å². The third kappa shape index (κ3) is 4.02. The first-order chi connectivity index (χ1) is 11.5. The molecule has 0 radical (unpaired) electrons. The predicted molar refractivity (Wildman–Crippen MR) is 83.4 cm³/mol. The fraction of sp³-hybridized carbons (Fsp3) is 0.211. The minimum absolute atomic E-state index is 0.0375. The third-order valence-corrected chi connectivity index (χ3v) is 3.72. The SMILES string of the molecule is C=CCCc1cc(F)c(CCc2cc(F)c(C#N)c(F)c2)c(F)c1. The maximum atomic E-state index is 14.1. The van der Waals surface area contributed by atoms with Crippen molar-refractivity contribution in [2.24, 2.45) is 0 Å². The summed E-state index contributed by atoms with van der Waals surface area (Å²) in [5.74, 6) is -3.31. The molecule has 5 heteroatoms. The number of nitriles is 1. The van der Waals surface area contributed by atoms with E-state index in [9.17, 15) is 17.6 Å². The fourth-order valence-electron chi connectivity index (χ4n) is 2.45. The molecule has 1 nitrogen and oxygen atoms in total. The summed E-state index contributed by atoms with van der Waals surface area (Å²) in [6.07, 6.45) is 2.78. The van der Waals surface area contributed by atoms with Crippen LogP contribution in [-0.2, 0) is 19.3 Å². The van der Waals surface area contributed by atoms with E-state index < -0.39 is 28.8 Å². The van der Waals surface area contributed by atoms with Crippen LogP contribution in [0.15, 0.2) is 36.9 Å². The Morgan fingerprint density at radius 1 is 0.833 bits per heavy atom. The molecule has 0 spiro atoms. The summed E-state index contributed by atoms with van der Waals surface area (Å²) >= 11 is 0. The topological polar surface area (TPSA) is 23.8 Å². The highest BCUT2D eigenvalue weighted by molar-refractivity contribution is 5.36. The van der Waals surface area contributed by atoms with Crippen molar-refractivity contribution in [3.05, 3.63) is 82.4 Å². The average Bonchev–Trinajstić information content (AvgIpc) is 2.52. The minimum Gasteiger partial charge on any atom is -0.207 e. The predicted octanol–water partition coefficient (Wildman–Crippen LogP) is 5.02. The van der Waals surface area contributed by atoms with Gasteiger partial charge in [-0.15, -0.1) is 6.58 Å². The third-order valence-electron chi connectivity index (χ3n) is 3.72. The van der Waals surface area contributed by atoms with Crippen molar-refractivity contribution in [3.63, 3.8) is 0 Å². The highest BCUT2D eigenvalue weighted by Gasteiger charge is 2.14. The zero-order valence-corrected chi connectivity index (χ0v) is 12.9. The van der Waals surface area contributed by atoms with Crippen LogP contribution in [0.2, 0.25) is 0 Å². The summed E-state index contributed by atoms with van der Waals surface area (Å²) in [4.78, 5) is 0. The van der Waals surface area contributed by atoms with Gasteiger partial charge in [0.2, 0.25) is 0 Å². The monoisotopic (exact) mass is 333 g/mol. The number of halogens is 4. The van der Waals surface area contributed by atoms with Gasteiger partial charge in [0.15, 0.2) is 0 Å². The summed E-state index contributed by atoms with van der Waals surface area (Å²) in [5.41, 5.74) is -0.0205. The number of benzene rings is 2. The Bertz CT molecular complexity index is 759. The normalized spacial score (nSPS) is 10.5. The molecule has 0 aliphatic carbocycles. The number of aryl methyl sites for hydroxylation is 2. The molecule has 0 amide bonds. The van der Waals surface area contributed by atoms with E-state index in [4.69, 9.17) is 5.26 Å². The molecule has 0 heterocycles. The first kappa shape index (κ1) is 17.7. The van der Waals surface area contributed by atoms with E-state index in [0.29, 0.717) is 18.4 Å². The maximum Gasteiger partial charge on any atom is 0.144 e. The van der Waals surface area contributed by atoms with Crippen molar-refractivity contribution in [1.82, 2.24) is 0 Å². The van der Waals surface area contributed by atoms with Crippen LogP contribution < -0.4 is 0 Å². The molecule has 0 saturated carbocycles. The maximum absolute atomic E-state index is 14.1. The van der Waals surface area contributed by atoms with E-state index >= 15 is 0 Å². The van der Waals surface area contributed by atoms with Gasteiger partial charge < -0.3 is 0 Å². The van der Waals surface area contributed by atoms with Crippen LogP contribution in [0.25, 0.3) is 0 Å². The zero-order chi connectivity index (χ0) is 17.7. The molecule has 0 saturated heterocycles. The summed E-state index contributed by atoms with van der Waals surface area (Å²) in [5, 5.41) is 8.62. The van der Waals surface area contributed by atoms with Gasteiger partial charge in [-0.2, -0.15) is 5.26 Å². The number of nitrogens with zero attached hydrogens (tertiary/aromatic N) is 1. The smallest absolute Gasteiger partial charge is 0.144 e. The standard InChI is InChI=1S/C19H15F4N/c1-2-3-4-12-7-16(20)14(17(21)8-12)6-5-13-9-18(22)15(11-24)19(23)10-13/h2,7-10H,1,3-6H2. The molecule has 0 unspecified atom stereocenters. The lowest BCUT2D eigenvalue weighted by Gasteiger charge is -2.09. The summed E-state index contributed by atoms with van der Waals surface area (Å²) in [6.45, 7) is 3.56. The molecule has 0 aliphatic heterocycles. The van der Waals surface area contributed by atoms with Gasteiger partial charge in [-0.1, -0.05) is 6.08 Å². The van der Waals surface area contributed by atoms with E-state index in [-0.39, 0.29) is 24.0 Å². The molecule has 0 aromatic heterocycles. The zero-order valence-electron chi connectivity index (χ0n) is 12.9. The Balaban J connectivity index is 2.18. The van der Waals surface area contributed by atoms with Crippen LogP contribution in [0, 0.1) is 34.6 Å². The van der Waals surface area contributed by atoms with Crippen molar-refractivity contribution in [3.8, 4) is 6.07 Å². The van der Waals surface area contributed by atoms with E-state index in [1.165, 1.54) is 18.2 Å². The Morgan fingerprint density at radius 2 is 1.33 bits per heavy atom. The number of hydrogen-bond donors (Lipinski definition) is 0. The summed E-state index contributed by atoms with van der Waals surface area (Å²) < 4.78 is 55.2. The Kier molecular flexibility index (Phi) is 5.75. The molecular formula is C19H15F4N. The lowest BCUT2D eigenvalue weighted by atomic mass is 9.99. The van der Waals surface area contributed by atoms with Crippen LogP contribution in [0.5, 0.6) is 0 Å². The molecular weight excluding hydrogens is 318 g/mol. The molecule has 0 fully saturated rings. The molecule has 0 aliphatic rings. The highest BCUT2D eigenvalue weighted by Crippen LogP contribution is 2.21. The van der Waals surface area contributed by atoms with Crippen molar-refractivity contribution >= 4 is 0 Å². The van der Waals surface area contributed by atoms with E-state index in [2.05, 4.69) is 6.58 Å². The van der Waals surface area contributed by atoms with Crippen LogP contribution in [0.3, 0.4) is 0 Å². The van der Waals surface area contributed by atoms with Gasteiger partial charge in [0, 0.05) is 5.56 Å². The average molecular weight is 333 g/mol. The number of hydrogen-bond acceptors (Lipinski definition) is 1.